The Morgan fingerprint density at radius 1 is 1.44 bits per heavy atom. The number of hydrogen-bond donors (Lipinski definition) is 1. The molecule has 0 saturated carbocycles. The number of carbonyl (C=O) groups excluding carboxylic acids is 2. The molecule has 0 radical (unpaired) electrons. The highest BCUT2D eigenvalue weighted by atomic mass is 16.2. The van der Waals surface area contributed by atoms with E-state index in [1.165, 1.54) is 0 Å². The molecule has 1 fully saturated rings. The summed E-state index contributed by atoms with van der Waals surface area (Å²) in [7, 11) is 0. The Labute approximate surface area is 109 Å². The van der Waals surface area contributed by atoms with Crippen LogP contribution in [0.3, 0.4) is 0 Å². The number of hydrogen-bond acceptors (Lipinski definition) is 2. The fourth-order valence-electron chi connectivity index (χ4n) is 2.30. The van der Waals surface area contributed by atoms with Crippen LogP contribution in [-0.2, 0) is 9.59 Å². The Morgan fingerprint density at radius 2 is 2.00 bits per heavy atom. The van der Waals surface area contributed by atoms with Gasteiger partial charge in [0.15, 0.2) is 0 Å². The molecule has 0 aliphatic carbocycles. The average Bonchev–Trinajstić information content (AvgIpc) is 2.28. The minimum absolute atomic E-state index is 0.0126. The molecule has 0 aromatic rings. The van der Waals surface area contributed by atoms with Crippen LogP contribution in [0.15, 0.2) is 12.7 Å². The summed E-state index contributed by atoms with van der Waals surface area (Å²) in [6, 6.07) is -0.974. The lowest BCUT2D eigenvalue weighted by Crippen LogP contribution is -2.67. The van der Waals surface area contributed by atoms with Gasteiger partial charge in [-0.1, -0.05) is 33.8 Å². The number of amides is 2. The lowest BCUT2D eigenvalue weighted by Gasteiger charge is -2.45. The van der Waals surface area contributed by atoms with Gasteiger partial charge in [0.2, 0.25) is 11.8 Å². The van der Waals surface area contributed by atoms with E-state index in [9.17, 15) is 9.59 Å². The molecule has 18 heavy (non-hydrogen) atoms. The van der Waals surface area contributed by atoms with E-state index in [0.717, 1.165) is 0 Å². The molecule has 0 bridgehead atoms. The van der Waals surface area contributed by atoms with Gasteiger partial charge in [0.1, 0.15) is 12.1 Å². The highest BCUT2D eigenvalue weighted by Crippen LogP contribution is 2.27. The molecule has 0 aromatic carbocycles. The van der Waals surface area contributed by atoms with E-state index in [1.54, 1.807) is 11.0 Å². The van der Waals surface area contributed by atoms with Crippen LogP contribution in [0.4, 0.5) is 0 Å². The number of rotatable bonds is 3. The van der Waals surface area contributed by atoms with E-state index in [-0.39, 0.29) is 29.3 Å². The molecular weight excluding hydrogens is 228 g/mol. The quantitative estimate of drug-likeness (QED) is 0.777. The Kier molecular flexibility index (Phi) is 4.20. The second-order valence-corrected chi connectivity index (χ2v) is 5.95. The van der Waals surface area contributed by atoms with Crippen LogP contribution in [-0.4, -0.2) is 34.8 Å². The van der Waals surface area contributed by atoms with Gasteiger partial charge in [0.05, 0.1) is 0 Å². The van der Waals surface area contributed by atoms with E-state index in [4.69, 9.17) is 0 Å². The molecule has 1 saturated heterocycles. The van der Waals surface area contributed by atoms with E-state index in [1.807, 2.05) is 34.6 Å². The van der Waals surface area contributed by atoms with E-state index in [2.05, 4.69) is 11.9 Å². The molecule has 2 amide bonds. The molecular formula is C14H24N2O2. The van der Waals surface area contributed by atoms with Gasteiger partial charge in [-0.25, -0.2) is 0 Å². The maximum absolute atomic E-state index is 12.6. The van der Waals surface area contributed by atoms with Crippen molar-refractivity contribution in [2.45, 2.75) is 59.2 Å². The molecule has 1 rings (SSSR count). The number of nitrogens with zero attached hydrogens (tertiary/aromatic N) is 1. The Balaban J connectivity index is 3.12. The summed E-state index contributed by atoms with van der Waals surface area (Å²) < 4.78 is 0. The summed E-state index contributed by atoms with van der Waals surface area (Å²) in [5, 5.41) is 2.85. The molecule has 3 unspecified atom stereocenters. The zero-order valence-electron chi connectivity index (χ0n) is 12.0. The van der Waals surface area contributed by atoms with Crippen molar-refractivity contribution in [3.63, 3.8) is 0 Å². The largest absolute Gasteiger partial charge is 0.342 e. The lowest BCUT2D eigenvalue weighted by molar-refractivity contribution is -0.154. The first-order valence-corrected chi connectivity index (χ1v) is 6.49. The maximum Gasteiger partial charge on any atom is 0.246 e. The third-order valence-electron chi connectivity index (χ3n) is 3.46. The van der Waals surface area contributed by atoms with Gasteiger partial charge < -0.3 is 10.2 Å². The molecule has 102 valence electrons. The summed E-state index contributed by atoms with van der Waals surface area (Å²) >= 11 is 0. The van der Waals surface area contributed by atoms with Crippen molar-refractivity contribution in [1.29, 1.82) is 0 Å². The Bertz CT molecular complexity index is 357. The fraction of sp³-hybridized carbons (Fsp3) is 0.714. The summed E-state index contributed by atoms with van der Waals surface area (Å²) in [5.41, 5.74) is -0.287. The number of carbonyl (C=O) groups is 2. The van der Waals surface area contributed by atoms with Gasteiger partial charge in [-0.05, 0) is 18.8 Å². The highest BCUT2D eigenvalue weighted by Gasteiger charge is 2.45. The molecule has 1 N–H and O–H groups in total. The minimum Gasteiger partial charge on any atom is -0.342 e. The van der Waals surface area contributed by atoms with E-state index in [0.29, 0.717) is 6.42 Å². The Morgan fingerprint density at radius 3 is 2.39 bits per heavy atom. The normalized spacial score (nSPS) is 26.8. The molecule has 1 aliphatic rings. The zero-order chi connectivity index (χ0) is 14.1. The van der Waals surface area contributed by atoms with Crippen LogP contribution in [0.5, 0.6) is 0 Å². The summed E-state index contributed by atoms with van der Waals surface area (Å²) in [5.74, 6) is -0.0768. The van der Waals surface area contributed by atoms with Crippen molar-refractivity contribution in [1.82, 2.24) is 10.2 Å². The van der Waals surface area contributed by atoms with Crippen LogP contribution >= 0.6 is 0 Å². The van der Waals surface area contributed by atoms with Crippen molar-refractivity contribution in [3.05, 3.63) is 12.7 Å². The van der Waals surface area contributed by atoms with Crippen LogP contribution in [0.2, 0.25) is 0 Å². The van der Waals surface area contributed by atoms with Crippen LogP contribution in [0.1, 0.15) is 41.0 Å². The van der Waals surface area contributed by atoms with Crippen molar-refractivity contribution >= 4 is 11.8 Å². The van der Waals surface area contributed by atoms with Gasteiger partial charge in [-0.3, -0.25) is 9.59 Å². The van der Waals surface area contributed by atoms with Gasteiger partial charge in [0.25, 0.3) is 0 Å². The zero-order valence-corrected chi connectivity index (χ0v) is 12.0. The maximum atomic E-state index is 12.6. The Hall–Kier alpha value is -1.32. The minimum atomic E-state index is -0.463. The standard InChI is InChI=1S/C14H24N2O2/c1-7-9(3)16-10(8-2)12(17)15-11(13(16)18)14(4,5)6/h7,9-11H,1,8H2,2-6H3,(H,15,17). The first kappa shape index (κ1) is 14.7. The first-order valence-electron chi connectivity index (χ1n) is 6.49. The second kappa shape index (κ2) is 5.12. The lowest BCUT2D eigenvalue weighted by atomic mass is 9.83. The SMILES string of the molecule is C=CC(C)N1C(=O)C(C(C)(C)C)NC(=O)C1CC. The highest BCUT2D eigenvalue weighted by molar-refractivity contribution is 5.97. The molecule has 1 heterocycles. The molecule has 3 atom stereocenters. The van der Waals surface area contributed by atoms with Crippen LogP contribution in [0.25, 0.3) is 0 Å². The molecule has 0 aromatic heterocycles. The third kappa shape index (κ3) is 2.57. The predicted octanol–water partition coefficient (Wildman–Crippen LogP) is 1.71. The van der Waals surface area contributed by atoms with Crippen molar-refractivity contribution in [2.75, 3.05) is 0 Å². The van der Waals surface area contributed by atoms with Gasteiger partial charge in [0, 0.05) is 6.04 Å². The predicted molar refractivity (Wildman–Crippen MR) is 72.0 cm³/mol. The summed E-state index contributed by atoms with van der Waals surface area (Å²) in [4.78, 5) is 26.3. The average molecular weight is 252 g/mol. The third-order valence-corrected chi connectivity index (χ3v) is 3.46. The van der Waals surface area contributed by atoms with E-state index < -0.39 is 6.04 Å². The topological polar surface area (TPSA) is 49.4 Å². The van der Waals surface area contributed by atoms with Crippen molar-refractivity contribution in [2.24, 2.45) is 5.41 Å². The van der Waals surface area contributed by atoms with Crippen molar-refractivity contribution in [3.8, 4) is 0 Å². The first-order chi connectivity index (χ1) is 8.23. The van der Waals surface area contributed by atoms with Gasteiger partial charge >= 0.3 is 0 Å². The second-order valence-electron chi connectivity index (χ2n) is 5.95. The van der Waals surface area contributed by atoms with E-state index >= 15 is 0 Å². The van der Waals surface area contributed by atoms with Crippen molar-refractivity contribution < 1.29 is 9.59 Å². The number of nitrogens with one attached hydrogen (secondary N) is 1. The molecule has 4 nitrogen and oxygen atoms in total. The smallest absolute Gasteiger partial charge is 0.246 e. The molecule has 0 spiro atoms. The van der Waals surface area contributed by atoms with Crippen LogP contribution in [0, 0.1) is 5.41 Å². The molecule has 1 aliphatic heterocycles. The fourth-order valence-corrected chi connectivity index (χ4v) is 2.30. The number of piperazine rings is 1. The monoisotopic (exact) mass is 252 g/mol. The van der Waals surface area contributed by atoms with Crippen LogP contribution < -0.4 is 5.32 Å². The van der Waals surface area contributed by atoms with Gasteiger partial charge in [-0.2, -0.15) is 0 Å². The van der Waals surface area contributed by atoms with Gasteiger partial charge in [-0.15, -0.1) is 6.58 Å². The summed E-state index contributed by atoms with van der Waals surface area (Å²) in [6.07, 6.45) is 2.32. The molecule has 4 heteroatoms. The summed E-state index contributed by atoms with van der Waals surface area (Å²) in [6.45, 7) is 13.4.